The molecule has 4 fully saturated rings. The van der Waals surface area contributed by atoms with Crippen molar-refractivity contribution in [3.8, 4) is 0 Å². The zero-order valence-corrected chi connectivity index (χ0v) is 21.4. The first-order chi connectivity index (χ1) is 17.9. The molecule has 0 aromatic carbocycles. The van der Waals surface area contributed by atoms with Gasteiger partial charge in [-0.15, -0.1) is 0 Å². The number of imidazole rings is 1. The van der Waals surface area contributed by atoms with Crippen LogP contribution in [-0.4, -0.2) is 51.8 Å². The Morgan fingerprint density at radius 1 is 1.22 bits per heavy atom. The highest BCUT2D eigenvalue weighted by atomic mass is 16.5. The van der Waals surface area contributed by atoms with Gasteiger partial charge in [0.1, 0.15) is 17.0 Å². The highest BCUT2D eigenvalue weighted by molar-refractivity contribution is 5.95. The van der Waals surface area contributed by atoms with Crippen LogP contribution < -0.4 is 5.32 Å². The maximum Gasteiger partial charge on any atom is 0.274 e. The number of aromatic nitrogens is 3. The second-order valence-corrected chi connectivity index (χ2v) is 12.0. The van der Waals surface area contributed by atoms with Crippen molar-refractivity contribution in [2.75, 3.05) is 20.7 Å². The van der Waals surface area contributed by atoms with Crippen LogP contribution in [0.2, 0.25) is 0 Å². The van der Waals surface area contributed by atoms with E-state index in [9.17, 15) is 9.59 Å². The minimum atomic E-state index is -0.214. The van der Waals surface area contributed by atoms with Crippen LogP contribution in [-0.2, 0) is 17.9 Å². The Kier molecular flexibility index (Phi) is 5.02. The molecule has 3 heterocycles. The Morgan fingerprint density at radius 3 is 2.92 bits per heavy atom. The van der Waals surface area contributed by atoms with Gasteiger partial charge in [-0.25, -0.2) is 4.98 Å². The van der Waals surface area contributed by atoms with Crippen LogP contribution in [0.5, 0.6) is 0 Å². The average molecular weight is 500 g/mol. The number of ether oxygens (including phenoxy) is 1. The van der Waals surface area contributed by atoms with Crippen LogP contribution in [0, 0.1) is 28.6 Å². The second-order valence-electron chi connectivity index (χ2n) is 12.0. The molecule has 1 spiro atoms. The second kappa shape index (κ2) is 8.12. The van der Waals surface area contributed by atoms with Gasteiger partial charge in [0.15, 0.2) is 0 Å². The molecular weight excluding hydrogens is 466 g/mol. The Hall–Kier alpha value is -3.26. The van der Waals surface area contributed by atoms with Gasteiger partial charge >= 0.3 is 0 Å². The van der Waals surface area contributed by atoms with E-state index in [1.807, 2.05) is 24.3 Å². The van der Waals surface area contributed by atoms with Crippen LogP contribution in [0.15, 0.2) is 42.7 Å². The predicted octanol–water partition coefficient (Wildman–Crippen LogP) is 3.70. The van der Waals surface area contributed by atoms with E-state index in [4.69, 9.17) is 4.74 Å². The molecule has 8 nitrogen and oxygen atoms in total. The van der Waals surface area contributed by atoms with Crippen molar-refractivity contribution in [3.63, 3.8) is 0 Å². The van der Waals surface area contributed by atoms with Gasteiger partial charge in [-0.2, -0.15) is 0 Å². The summed E-state index contributed by atoms with van der Waals surface area (Å²) < 4.78 is 6.86. The fraction of sp³-hybridized carbons (Fsp3) is 0.517. The number of methoxy groups -OCH3 is 1. The molecule has 7 rings (SSSR count). The smallest absolute Gasteiger partial charge is 0.274 e. The van der Waals surface area contributed by atoms with Crippen molar-refractivity contribution in [2.45, 2.75) is 45.3 Å². The van der Waals surface area contributed by atoms with Crippen molar-refractivity contribution in [3.05, 3.63) is 65.4 Å². The fourth-order valence-corrected chi connectivity index (χ4v) is 7.83. The first-order valence-electron chi connectivity index (χ1n) is 13.3. The Bertz CT molecular complexity index is 1400. The number of rotatable bonds is 8. The fourth-order valence-electron chi connectivity index (χ4n) is 7.83. The third-order valence-corrected chi connectivity index (χ3v) is 9.53. The van der Waals surface area contributed by atoms with E-state index in [1.54, 1.807) is 41.9 Å². The Labute approximate surface area is 216 Å². The summed E-state index contributed by atoms with van der Waals surface area (Å²) in [4.78, 5) is 37.0. The van der Waals surface area contributed by atoms with Crippen LogP contribution in [0.1, 0.15) is 64.3 Å². The lowest BCUT2D eigenvalue weighted by molar-refractivity contribution is 0.0777. The molecule has 3 aromatic heterocycles. The summed E-state index contributed by atoms with van der Waals surface area (Å²) in [5, 5.41) is 3.26. The molecule has 4 saturated carbocycles. The number of fused-ring (bicyclic) bond motifs is 3. The highest BCUT2D eigenvalue weighted by Gasteiger charge is 2.76. The third-order valence-electron chi connectivity index (χ3n) is 9.53. The highest BCUT2D eigenvalue weighted by Crippen LogP contribution is 2.83. The van der Waals surface area contributed by atoms with Crippen molar-refractivity contribution >= 4 is 17.5 Å². The monoisotopic (exact) mass is 499 g/mol. The first kappa shape index (κ1) is 22.9. The standard InChI is InChI=1S/C29H33N5O3/c1-33(13-21-7-6-18(12-30-21)15-37-2)27(36)23-14-34-24(4-3-5-25(34)32-23)26(35)31-17-28-9-19-8-22(19)29(16-28)11-20(29)10-28/h3-7,12,14,19-20,22H,8-11,13,15-17H2,1-2H3,(H,31,35)/t19?,20?,22-,28?,29?/m0/s1. The number of carbonyl (C=O) groups is 2. The molecule has 3 aromatic rings. The molecule has 4 unspecified atom stereocenters. The molecule has 2 amide bonds. The van der Waals surface area contributed by atoms with E-state index in [0.29, 0.717) is 41.0 Å². The zero-order valence-electron chi connectivity index (χ0n) is 21.4. The van der Waals surface area contributed by atoms with Crippen molar-refractivity contribution in [1.82, 2.24) is 24.6 Å². The number of hydrogen-bond donors (Lipinski definition) is 1. The minimum Gasteiger partial charge on any atom is -0.380 e. The quantitative estimate of drug-likeness (QED) is 0.511. The summed E-state index contributed by atoms with van der Waals surface area (Å²) in [5.41, 5.74) is 4.10. The largest absolute Gasteiger partial charge is 0.380 e. The number of amides is 2. The van der Waals surface area contributed by atoms with Gasteiger partial charge in [0.05, 0.1) is 18.8 Å². The van der Waals surface area contributed by atoms with Crippen LogP contribution in [0.3, 0.4) is 0 Å². The van der Waals surface area contributed by atoms with Crippen LogP contribution >= 0.6 is 0 Å². The van der Waals surface area contributed by atoms with E-state index >= 15 is 0 Å². The van der Waals surface area contributed by atoms with Gasteiger partial charge in [-0.1, -0.05) is 12.1 Å². The third kappa shape index (κ3) is 3.76. The maximum atomic E-state index is 13.3. The zero-order chi connectivity index (χ0) is 25.4. The molecule has 1 N–H and O–H groups in total. The first-order valence-corrected chi connectivity index (χ1v) is 13.3. The average Bonchev–Trinajstić information content (AvgIpc) is 3.73. The van der Waals surface area contributed by atoms with Crippen molar-refractivity contribution < 1.29 is 14.3 Å². The van der Waals surface area contributed by atoms with Crippen molar-refractivity contribution in [1.29, 1.82) is 0 Å². The lowest BCUT2D eigenvalue weighted by atomic mass is 9.71. The summed E-state index contributed by atoms with van der Waals surface area (Å²) in [7, 11) is 3.38. The molecule has 0 radical (unpaired) electrons. The molecule has 192 valence electrons. The van der Waals surface area contributed by atoms with Gasteiger partial charge in [-0.3, -0.25) is 19.0 Å². The van der Waals surface area contributed by atoms with Gasteiger partial charge in [0.2, 0.25) is 0 Å². The SMILES string of the molecule is COCc1ccc(CN(C)C(=O)c2cn3c(C(=O)NCC45CC6C[C@@H]6C6(CC6C4)C5)cccc3n2)nc1. The Balaban J connectivity index is 1.04. The molecule has 4 aliphatic carbocycles. The summed E-state index contributed by atoms with van der Waals surface area (Å²) in [5.74, 6) is 2.48. The number of hydrogen-bond acceptors (Lipinski definition) is 5. The van der Waals surface area contributed by atoms with E-state index in [0.717, 1.165) is 35.6 Å². The number of nitrogens with zero attached hydrogens (tertiary/aromatic N) is 4. The molecule has 0 aliphatic heterocycles. The summed E-state index contributed by atoms with van der Waals surface area (Å²) in [6.07, 6.45) is 10.1. The van der Waals surface area contributed by atoms with E-state index in [1.165, 1.54) is 32.1 Å². The topological polar surface area (TPSA) is 88.8 Å². The van der Waals surface area contributed by atoms with E-state index < -0.39 is 0 Å². The summed E-state index contributed by atoms with van der Waals surface area (Å²) in [6, 6.07) is 9.30. The molecule has 0 saturated heterocycles. The molecule has 37 heavy (non-hydrogen) atoms. The van der Waals surface area contributed by atoms with Gasteiger partial charge in [0.25, 0.3) is 11.8 Å². The summed E-state index contributed by atoms with van der Waals surface area (Å²) in [6.45, 7) is 1.62. The number of carbonyl (C=O) groups excluding carboxylic acids is 2. The lowest BCUT2D eigenvalue weighted by Gasteiger charge is -2.36. The molecule has 4 aliphatic rings. The normalized spacial score (nSPS) is 30.5. The van der Waals surface area contributed by atoms with Crippen LogP contribution in [0.4, 0.5) is 0 Å². The maximum absolute atomic E-state index is 13.3. The lowest BCUT2D eigenvalue weighted by Crippen LogP contribution is -2.40. The number of pyridine rings is 2. The molecular formula is C29H33N5O3. The molecule has 2 bridgehead atoms. The summed E-state index contributed by atoms with van der Waals surface area (Å²) >= 11 is 0. The Morgan fingerprint density at radius 2 is 2.11 bits per heavy atom. The van der Waals surface area contributed by atoms with Crippen LogP contribution in [0.25, 0.3) is 5.65 Å². The predicted molar refractivity (Wildman–Crippen MR) is 137 cm³/mol. The minimum absolute atomic E-state index is 0.0994. The van der Waals surface area contributed by atoms with E-state index in [-0.39, 0.29) is 11.8 Å². The van der Waals surface area contributed by atoms with Gasteiger partial charge in [0, 0.05) is 33.1 Å². The molecule has 5 atom stereocenters. The van der Waals surface area contributed by atoms with Gasteiger partial charge < -0.3 is 15.0 Å². The molecule has 8 heteroatoms. The van der Waals surface area contributed by atoms with E-state index in [2.05, 4.69) is 15.3 Å². The number of nitrogens with one attached hydrogen (secondary N) is 1. The van der Waals surface area contributed by atoms with Gasteiger partial charge in [-0.05, 0) is 84.5 Å². The van der Waals surface area contributed by atoms with Crippen molar-refractivity contribution in [2.24, 2.45) is 28.6 Å².